The molecule has 152 valence electrons. The molecule has 0 atom stereocenters. The second kappa shape index (κ2) is 9.71. The van der Waals surface area contributed by atoms with Gasteiger partial charge in [-0.15, -0.1) is 4.40 Å². The van der Waals surface area contributed by atoms with E-state index in [0.717, 1.165) is 21.8 Å². The van der Waals surface area contributed by atoms with Crippen LogP contribution in [0.15, 0.2) is 73.3 Å². The molecule has 1 amide bonds. The van der Waals surface area contributed by atoms with Crippen molar-refractivity contribution in [1.82, 2.24) is 4.90 Å². The predicted molar refractivity (Wildman–Crippen MR) is 119 cm³/mol. The Morgan fingerprint density at radius 3 is 2.48 bits per heavy atom. The van der Waals surface area contributed by atoms with Gasteiger partial charge in [0.2, 0.25) is 0 Å². The number of thioether (sulfide) groups is 1. The highest BCUT2D eigenvalue weighted by atomic mass is 79.9. The highest BCUT2D eigenvalue weighted by Crippen LogP contribution is 2.34. The summed E-state index contributed by atoms with van der Waals surface area (Å²) in [6, 6.07) is 15.5. The van der Waals surface area contributed by atoms with Gasteiger partial charge in [-0.2, -0.15) is 8.42 Å². The van der Waals surface area contributed by atoms with Crippen LogP contribution < -0.4 is 0 Å². The molecule has 1 heterocycles. The minimum absolute atomic E-state index is 0.0859. The molecule has 0 aliphatic carbocycles. The van der Waals surface area contributed by atoms with E-state index in [-0.39, 0.29) is 16.0 Å². The van der Waals surface area contributed by atoms with E-state index < -0.39 is 10.0 Å². The van der Waals surface area contributed by atoms with Gasteiger partial charge >= 0.3 is 0 Å². The Kier molecular flexibility index (Phi) is 7.28. The molecule has 3 rings (SSSR count). The Morgan fingerprint density at radius 2 is 1.83 bits per heavy atom. The number of amides is 1. The maximum atomic E-state index is 12.9. The third-order valence-electron chi connectivity index (χ3n) is 4.03. The quantitative estimate of drug-likeness (QED) is 0.426. The van der Waals surface area contributed by atoms with E-state index in [0.29, 0.717) is 24.5 Å². The molecule has 6 nitrogen and oxygen atoms in total. The molecule has 0 unspecified atom stereocenters. The Balaban J connectivity index is 1.94. The third-order valence-corrected chi connectivity index (χ3v) is 6.96. The molecule has 0 aromatic heterocycles. The molecule has 2 aromatic rings. The number of rotatable bonds is 7. The number of halogens is 1. The summed E-state index contributed by atoms with van der Waals surface area (Å²) < 4.78 is 35.3. The van der Waals surface area contributed by atoms with Gasteiger partial charge in [0.1, 0.15) is 0 Å². The van der Waals surface area contributed by atoms with Crippen molar-refractivity contribution in [1.29, 1.82) is 0 Å². The molecular weight excluding hydrogens is 476 g/mol. The van der Waals surface area contributed by atoms with Gasteiger partial charge in [0.25, 0.3) is 15.9 Å². The molecule has 0 radical (unpaired) electrons. The number of nitrogens with zero attached hydrogens (tertiary/aromatic N) is 2. The molecule has 1 aliphatic heterocycles. The first kappa shape index (κ1) is 21.8. The molecular formula is C20H19BrN2O4S2. The van der Waals surface area contributed by atoms with E-state index in [1.54, 1.807) is 31.4 Å². The average molecular weight is 495 g/mol. The van der Waals surface area contributed by atoms with Crippen molar-refractivity contribution in [2.45, 2.75) is 11.3 Å². The Morgan fingerprint density at radius 1 is 1.14 bits per heavy atom. The van der Waals surface area contributed by atoms with Gasteiger partial charge in [-0.05, 0) is 54.1 Å². The summed E-state index contributed by atoms with van der Waals surface area (Å²) in [7, 11) is -2.35. The van der Waals surface area contributed by atoms with E-state index in [1.165, 1.54) is 17.0 Å². The monoisotopic (exact) mass is 494 g/mol. The van der Waals surface area contributed by atoms with Crippen molar-refractivity contribution < 1.29 is 17.9 Å². The fourth-order valence-corrected chi connectivity index (χ4v) is 5.09. The lowest BCUT2D eigenvalue weighted by Gasteiger charge is -2.15. The van der Waals surface area contributed by atoms with Crippen LogP contribution in [0.25, 0.3) is 6.08 Å². The minimum atomic E-state index is -3.92. The van der Waals surface area contributed by atoms with E-state index in [1.807, 2.05) is 24.3 Å². The number of hydrogen-bond acceptors (Lipinski definition) is 5. The third kappa shape index (κ3) is 5.57. The molecule has 1 aliphatic rings. The summed E-state index contributed by atoms with van der Waals surface area (Å²) in [6.07, 6.45) is 2.30. The summed E-state index contributed by atoms with van der Waals surface area (Å²) in [4.78, 5) is 14.8. The Hall–Kier alpha value is -1.94. The smallest absolute Gasteiger partial charge is 0.284 e. The van der Waals surface area contributed by atoms with Crippen LogP contribution in [0.2, 0.25) is 0 Å². The van der Waals surface area contributed by atoms with Crippen LogP contribution in [0.5, 0.6) is 0 Å². The second-order valence-corrected chi connectivity index (χ2v) is 9.66. The number of carbonyl (C=O) groups excluding carboxylic acids is 1. The zero-order valence-electron chi connectivity index (χ0n) is 15.6. The van der Waals surface area contributed by atoms with Crippen LogP contribution in [-0.4, -0.2) is 44.7 Å². The molecule has 29 heavy (non-hydrogen) atoms. The zero-order chi connectivity index (χ0) is 20.9. The lowest BCUT2D eigenvalue weighted by Crippen LogP contribution is -2.31. The van der Waals surface area contributed by atoms with Crippen molar-refractivity contribution in [3.8, 4) is 0 Å². The highest BCUT2D eigenvalue weighted by Gasteiger charge is 2.34. The van der Waals surface area contributed by atoms with Crippen LogP contribution in [0, 0.1) is 0 Å². The van der Waals surface area contributed by atoms with Crippen molar-refractivity contribution in [3.63, 3.8) is 0 Å². The highest BCUT2D eigenvalue weighted by molar-refractivity contribution is 9.10. The second-order valence-electron chi connectivity index (χ2n) is 6.13. The normalized spacial score (nSPS) is 17.4. The molecule has 0 spiro atoms. The van der Waals surface area contributed by atoms with Gasteiger partial charge in [0, 0.05) is 24.7 Å². The van der Waals surface area contributed by atoms with E-state index in [2.05, 4.69) is 20.3 Å². The van der Waals surface area contributed by atoms with Crippen LogP contribution in [0.4, 0.5) is 0 Å². The van der Waals surface area contributed by atoms with Gasteiger partial charge < -0.3 is 4.74 Å². The van der Waals surface area contributed by atoms with Gasteiger partial charge in [-0.3, -0.25) is 9.69 Å². The van der Waals surface area contributed by atoms with E-state index in [9.17, 15) is 13.2 Å². The zero-order valence-corrected chi connectivity index (χ0v) is 18.8. The van der Waals surface area contributed by atoms with Gasteiger partial charge in [0.05, 0.1) is 9.80 Å². The van der Waals surface area contributed by atoms with E-state index in [4.69, 9.17) is 4.74 Å². The largest absolute Gasteiger partial charge is 0.385 e. The number of hydrogen-bond donors (Lipinski definition) is 0. The number of amidine groups is 1. The summed E-state index contributed by atoms with van der Waals surface area (Å²) in [5, 5.41) is 0.151. The van der Waals surface area contributed by atoms with Crippen molar-refractivity contribution in [2.24, 2.45) is 4.40 Å². The average Bonchev–Trinajstić information content (AvgIpc) is 2.99. The molecule has 0 saturated carbocycles. The lowest BCUT2D eigenvalue weighted by molar-refractivity contribution is -0.122. The first-order chi connectivity index (χ1) is 13.9. The first-order valence-electron chi connectivity index (χ1n) is 8.76. The minimum Gasteiger partial charge on any atom is -0.385 e. The standard InChI is InChI=1S/C20H19BrN2O4S2/c1-27-13-5-12-23-19(24)18(14-15-8-10-16(21)11-9-15)28-20(23)22-29(25,26)17-6-3-2-4-7-17/h2-4,6-11,14H,5,12-13H2,1H3/b18-14-,22-20+. The summed E-state index contributed by atoms with van der Waals surface area (Å²) in [5.74, 6) is -0.268. The number of ether oxygens (including phenoxy) is 1. The Labute approximate surface area is 182 Å². The number of benzene rings is 2. The molecule has 0 bridgehead atoms. The molecule has 9 heteroatoms. The fourth-order valence-electron chi connectivity index (χ4n) is 2.60. The lowest BCUT2D eigenvalue weighted by atomic mass is 10.2. The summed E-state index contributed by atoms with van der Waals surface area (Å²) >= 11 is 4.44. The maximum Gasteiger partial charge on any atom is 0.284 e. The van der Waals surface area contributed by atoms with Crippen LogP contribution in [0.1, 0.15) is 12.0 Å². The van der Waals surface area contributed by atoms with Crippen molar-refractivity contribution >= 4 is 54.9 Å². The first-order valence-corrected chi connectivity index (χ1v) is 11.8. The fraction of sp³-hybridized carbons (Fsp3) is 0.200. The summed E-state index contributed by atoms with van der Waals surface area (Å²) in [6.45, 7) is 0.777. The molecule has 1 saturated heterocycles. The SMILES string of the molecule is COCCCN1C(=O)/C(=C/c2ccc(Br)cc2)S/C1=N/S(=O)(=O)c1ccccc1. The summed E-state index contributed by atoms with van der Waals surface area (Å²) in [5.41, 5.74) is 0.841. The van der Waals surface area contributed by atoms with Crippen LogP contribution >= 0.6 is 27.7 Å². The van der Waals surface area contributed by atoms with Gasteiger partial charge in [-0.1, -0.05) is 46.3 Å². The number of carbonyl (C=O) groups is 1. The van der Waals surface area contributed by atoms with Gasteiger partial charge in [-0.25, -0.2) is 0 Å². The number of sulfonamides is 1. The number of methoxy groups -OCH3 is 1. The Bertz CT molecular complexity index is 1040. The van der Waals surface area contributed by atoms with Crippen LogP contribution in [0.3, 0.4) is 0 Å². The molecule has 1 fully saturated rings. The van der Waals surface area contributed by atoms with Crippen molar-refractivity contribution in [3.05, 3.63) is 69.5 Å². The predicted octanol–water partition coefficient (Wildman–Crippen LogP) is 4.15. The molecule has 2 aromatic carbocycles. The van der Waals surface area contributed by atoms with Gasteiger partial charge in [0.15, 0.2) is 5.17 Å². The molecule has 0 N–H and O–H groups in total. The van der Waals surface area contributed by atoms with Crippen molar-refractivity contribution in [2.75, 3.05) is 20.3 Å². The van der Waals surface area contributed by atoms with Crippen LogP contribution in [-0.2, 0) is 19.6 Å². The topological polar surface area (TPSA) is 76.0 Å². The maximum absolute atomic E-state index is 12.9. The van der Waals surface area contributed by atoms with E-state index >= 15 is 0 Å².